The van der Waals surface area contributed by atoms with Crippen LogP contribution in [0, 0.1) is 0 Å². The van der Waals surface area contributed by atoms with E-state index in [9.17, 15) is 18.3 Å². The SMILES string of the molecule is [O]C(CCCc1ccccc1)C(F)(F)F. The molecule has 0 aliphatic heterocycles. The molecular weight excluding hydrogens is 205 g/mol. The van der Waals surface area contributed by atoms with Crippen LogP contribution in [0.1, 0.15) is 18.4 Å². The van der Waals surface area contributed by atoms with Crippen LogP contribution in [0.25, 0.3) is 0 Å². The van der Waals surface area contributed by atoms with Gasteiger partial charge in [0.05, 0.1) is 0 Å². The van der Waals surface area contributed by atoms with E-state index in [1.54, 1.807) is 0 Å². The summed E-state index contributed by atoms with van der Waals surface area (Å²) in [6.45, 7) is 0. The fraction of sp³-hybridized carbons (Fsp3) is 0.455. The number of benzene rings is 1. The van der Waals surface area contributed by atoms with Crippen molar-refractivity contribution in [1.82, 2.24) is 0 Å². The third-order valence-corrected chi connectivity index (χ3v) is 2.14. The molecule has 0 aromatic heterocycles. The topological polar surface area (TPSA) is 19.9 Å². The Kier molecular flexibility index (Phi) is 4.15. The summed E-state index contributed by atoms with van der Waals surface area (Å²) in [5, 5.41) is 10.6. The molecule has 1 rings (SSSR count). The van der Waals surface area contributed by atoms with Gasteiger partial charge in [-0.25, -0.2) is 5.11 Å². The van der Waals surface area contributed by atoms with Crippen molar-refractivity contribution in [2.24, 2.45) is 0 Å². The van der Waals surface area contributed by atoms with E-state index in [1.807, 2.05) is 30.3 Å². The Bertz CT molecular complexity index is 282. The van der Waals surface area contributed by atoms with Gasteiger partial charge in [-0.3, -0.25) is 0 Å². The highest BCUT2D eigenvalue weighted by atomic mass is 19.4. The maximum absolute atomic E-state index is 11.9. The fourth-order valence-electron chi connectivity index (χ4n) is 1.30. The van der Waals surface area contributed by atoms with Crippen LogP contribution in [0.2, 0.25) is 0 Å². The summed E-state index contributed by atoms with van der Waals surface area (Å²) in [5.74, 6) is 0. The molecule has 0 aliphatic rings. The van der Waals surface area contributed by atoms with E-state index in [0.717, 1.165) is 5.56 Å². The van der Waals surface area contributed by atoms with E-state index in [0.29, 0.717) is 6.42 Å². The van der Waals surface area contributed by atoms with Crippen LogP contribution >= 0.6 is 0 Å². The second-order valence-electron chi connectivity index (χ2n) is 3.41. The number of alkyl halides is 3. The van der Waals surface area contributed by atoms with Crippen molar-refractivity contribution in [1.29, 1.82) is 0 Å². The molecule has 1 aromatic rings. The molecule has 0 heterocycles. The first kappa shape index (κ1) is 12.0. The fourth-order valence-corrected chi connectivity index (χ4v) is 1.30. The van der Waals surface area contributed by atoms with Crippen LogP contribution in [-0.4, -0.2) is 12.3 Å². The van der Waals surface area contributed by atoms with Crippen LogP contribution in [-0.2, 0) is 11.5 Å². The maximum atomic E-state index is 11.9. The van der Waals surface area contributed by atoms with Gasteiger partial charge in [0.2, 0.25) is 0 Å². The largest absolute Gasteiger partial charge is 0.417 e. The summed E-state index contributed by atoms with van der Waals surface area (Å²) >= 11 is 0. The van der Waals surface area contributed by atoms with Crippen molar-refractivity contribution < 1.29 is 18.3 Å². The summed E-state index contributed by atoms with van der Waals surface area (Å²) in [4.78, 5) is 0. The van der Waals surface area contributed by atoms with E-state index in [4.69, 9.17) is 0 Å². The molecule has 1 nitrogen and oxygen atoms in total. The molecule has 1 aromatic carbocycles. The molecular formula is C11H12F3O. The molecule has 0 saturated carbocycles. The van der Waals surface area contributed by atoms with Gasteiger partial charge < -0.3 is 0 Å². The van der Waals surface area contributed by atoms with Gasteiger partial charge in [-0.15, -0.1) is 0 Å². The van der Waals surface area contributed by atoms with E-state index >= 15 is 0 Å². The Morgan fingerprint density at radius 3 is 2.27 bits per heavy atom. The van der Waals surface area contributed by atoms with Crippen molar-refractivity contribution in [2.75, 3.05) is 0 Å². The average Bonchev–Trinajstić information content (AvgIpc) is 2.18. The number of rotatable bonds is 4. The van der Waals surface area contributed by atoms with Crippen LogP contribution < -0.4 is 0 Å². The summed E-state index contributed by atoms with van der Waals surface area (Å²) in [5.41, 5.74) is 0.965. The predicted octanol–water partition coefficient (Wildman–Crippen LogP) is 3.37. The third kappa shape index (κ3) is 4.34. The molecule has 0 bridgehead atoms. The third-order valence-electron chi connectivity index (χ3n) is 2.14. The van der Waals surface area contributed by atoms with Crippen LogP contribution in [0.5, 0.6) is 0 Å². The predicted molar refractivity (Wildman–Crippen MR) is 49.9 cm³/mol. The van der Waals surface area contributed by atoms with Gasteiger partial charge >= 0.3 is 6.18 Å². The van der Waals surface area contributed by atoms with Gasteiger partial charge in [0.1, 0.15) is 0 Å². The average molecular weight is 217 g/mol. The van der Waals surface area contributed by atoms with E-state index in [1.165, 1.54) is 0 Å². The molecule has 1 atom stereocenters. The zero-order valence-corrected chi connectivity index (χ0v) is 8.13. The molecule has 1 unspecified atom stereocenters. The van der Waals surface area contributed by atoms with Crippen LogP contribution in [0.15, 0.2) is 30.3 Å². The lowest BCUT2D eigenvalue weighted by Gasteiger charge is -2.11. The summed E-state index contributed by atoms with van der Waals surface area (Å²) in [6.07, 6.45) is -6.59. The van der Waals surface area contributed by atoms with Crippen molar-refractivity contribution in [2.45, 2.75) is 31.5 Å². The molecule has 0 fully saturated rings. The Labute approximate surface area is 86.5 Å². The number of halogens is 3. The van der Waals surface area contributed by atoms with Gasteiger partial charge in [-0.2, -0.15) is 13.2 Å². The highest BCUT2D eigenvalue weighted by Crippen LogP contribution is 2.24. The van der Waals surface area contributed by atoms with Crippen LogP contribution in [0.4, 0.5) is 13.2 Å². The Morgan fingerprint density at radius 2 is 1.73 bits per heavy atom. The summed E-state index contributed by atoms with van der Waals surface area (Å²) in [7, 11) is 0. The van der Waals surface area contributed by atoms with E-state index in [-0.39, 0.29) is 12.8 Å². The van der Waals surface area contributed by atoms with Crippen molar-refractivity contribution in [3.05, 3.63) is 35.9 Å². The molecule has 4 heteroatoms. The lowest BCUT2D eigenvalue weighted by molar-refractivity contribution is -0.223. The Hall–Kier alpha value is -1.03. The highest BCUT2D eigenvalue weighted by Gasteiger charge is 2.38. The first-order valence-electron chi connectivity index (χ1n) is 4.76. The standard InChI is InChI=1S/C11H12F3O/c12-11(13,14)10(15)8-4-7-9-5-2-1-3-6-9/h1-3,5-6,10H,4,7-8H2. The first-order chi connectivity index (χ1) is 7.00. The Morgan fingerprint density at radius 1 is 1.13 bits per heavy atom. The quantitative estimate of drug-likeness (QED) is 0.736. The minimum absolute atomic E-state index is 0.275. The molecule has 0 spiro atoms. The number of hydrogen-bond acceptors (Lipinski definition) is 0. The van der Waals surface area contributed by atoms with Gasteiger partial charge in [0.15, 0.2) is 6.10 Å². The monoisotopic (exact) mass is 217 g/mol. The number of hydrogen-bond donors (Lipinski definition) is 0. The van der Waals surface area contributed by atoms with Crippen molar-refractivity contribution >= 4 is 0 Å². The van der Waals surface area contributed by atoms with E-state index in [2.05, 4.69) is 0 Å². The van der Waals surface area contributed by atoms with Crippen LogP contribution in [0.3, 0.4) is 0 Å². The normalized spacial score (nSPS) is 13.9. The lowest BCUT2D eigenvalue weighted by Crippen LogP contribution is -2.27. The maximum Gasteiger partial charge on any atom is 0.417 e. The Balaban J connectivity index is 2.28. The molecule has 83 valence electrons. The van der Waals surface area contributed by atoms with Crippen molar-refractivity contribution in [3.63, 3.8) is 0 Å². The van der Waals surface area contributed by atoms with Gasteiger partial charge in [0, 0.05) is 0 Å². The van der Waals surface area contributed by atoms with Gasteiger partial charge in [-0.1, -0.05) is 30.3 Å². The lowest BCUT2D eigenvalue weighted by atomic mass is 10.1. The second-order valence-corrected chi connectivity index (χ2v) is 3.41. The second kappa shape index (κ2) is 5.16. The van der Waals surface area contributed by atoms with Gasteiger partial charge in [-0.05, 0) is 24.8 Å². The molecule has 0 amide bonds. The highest BCUT2D eigenvalue weighted by molar-refractivity contribution is 5.14. The minimum Gasteiger partial charge on any atom is -0.223 e. The molecule has 0 N–H and O–H groups in total. The number of aryl methyl sites for hydroxylation is 1. The first-order valence-corrected chi connectivity index (χ1v) is 4.76. The molecule has 0 saturated heterocycles. The van der Waals surface area contributed by atoms with E-state index < -0.39 is 12.3 Å². The smallest absolute Gasteiger partial charge is 0.223 e. The summed E-state index contributed by atoms with van der Waals surface area (Å²) in [6, 6.07) is 9.18. The molecule has 15 heavy (non-hydrogen) atoms. The minimum atomic E-state index is -4.60. The van der Waals surface area contributed by atoms with Gasteiger partial charge in [0.25, 0.3) is 0 Å². The molecule has 0 aliphatic carbocycles. The summed E-state index contributed by atoms with van der Waals surface area (Å²) < 4.78 is 35.6. The molecule has 1 radical (unpaired) electrons. The zero-order valence-electron chi connectivity index (χ0n) is 8.13. The van der Waals surface area contributed by atoms with Crippen molar-refractivity contribution in [3.8, 4) is 0 Å². The zero-order chi connectivity index (χ0) is 11.3.